The van der Waals surface area contributed by atoms with Crippen LogP contribution in [0.3, 0.4) is 0 Å². The summed E-state index contributed by atoms with van der Waals surface area (Å²) in [6, 6.07) is 5.78. The first-order valence-corrected chi connectivity index (χ1v) is 8.55. The Bertz CT molecular complexity index is 686. The molecule has 1 saturated carbocycles. The van der Waals surface area contributed by atoms with E-state index >= 15 is 0 Å². The van der Waals surface area contributed by atoms with Gasteiger partial charge in [0.05, 0.1) is 18.6 Å². The molecule has 0 unspecified atom stereocenters. The summed E-state index contributed by atoms with van der Waals surface area (Å²) >= 11 is 0. The summed E-state index contributed by atoms with van der Waals surface area (Å²) in [6.45, 7) is 3.82. The van der Waals surface area contributed by atoms with Gasteiger partial charge in [0.1, 0.15) is 23.1 Å². The summed E-state index contributed by atoms with van der Waals surface area (Å²) < 4.78 is 11.2. The highest BCUT2D eigenvalue weighted by atomic mass is 16.5. The number of ether oxygens (including phenoxy) is 2. The quantitative estimate of drug-likeness (QED) is 0.788. The van der Waals surface area contributed by atoms with Crippen LogP contribution in [-0.2, 0) is 9.59 Å². The van der Waals surface area contributed by atoms with Gasteiger partial charge in [-0.25, -0.2) is 0 Å². The summed E-state index contributed by atoms with van der Waals surface area (Å²) in [5.41, 5.74) is 1.30. The van der Waals surface area contributed by atoms with Gasteiger partial charge in [0.15, 0.2) is 0 Å². The van der Waals surface area contributed by atoms with Crippen LogP contribution in [0.2, 0.25) is 0 Å². The monoisotopic (exact) mass is 328 g/mol. The van der Waals surface area contributed by atoms with E-state index in [0.29, 0.717) is 25.7 Å². The van der Waals surface area contributed by atoms with Crippen molar-refractivity contribution in [3.63, 3.8) is 0 Å². The lowest BCUT2D eigenvalue weighted by Crippen LogP contribution is -2.39. The van der Waals surface area contributed by atoms with Crippen LogP contribution in [0.25, 0.3) is 5.57 Å². The van der Waals surface area contributed by atoms with Gasteiger partial charge >= 0.3 is 0 Å². The fraction of sp³-hybridized carbons (Fsp3) is 0.500. The molecule has 4 nitrogen and oxygen atoms in total. The summed E-state index contributed by atoms with van der Waals surface area (Å²) in [5, 5.41) is 0. The van der Waals surface area contributed by atoms with Crippen molar-refractivity contribution in [2.45, 2.75) is 52.1 Å². The van der Waals surface area contributed by atoms with Crippen molar-refractivity contribution in [2.75, 3.05) is 7.11 Å². The Kier molecular flexibility index (Phi) is 4.48. The van der Waals surface area contributed by atoms with Gasteiger partial charge in [-0.2, -0.15) is 0 Å². The van der Waals surface area contributed by atoms with Gasteiger partial charge in [0.25, 0.3) is 0 Å². The zero-order valence-electron chi connectivity index (χ0n) is 14.6. The third kappa shape index (κ3) is 2.97. The lowest BCUT2D eigenvalue weighted by Gasteiger charge is -2.31. The summed E-state index contributed by atoms with van der Waals surface area (Å²) in [5.74, 6) is 1.70. The van der Waals surface area contributed by atoms with Crippen molar-refractivity contribution in [1.82, 2.24) is 0 Å². The molecule has 1 aliphatic carbocycles. The average molecular weight is 328 g/mol. The molecule has 1 fully saturated rings. The largest absolute Gasteiger partial charge is 0.497 e. The van der Waals surface area contributed by atoms with Crippen LogP contribution in [-0.4, -0.2) is 24.8 Å². The highest BCUT2D eigenvalue weighted by molar-refractivity contribution is 6.08. The first-order chi connectivity index (χ1) is 11.4. The molecule has 0 spiro atoms. The zero-order chi connectivity index (χ0) is 17.3. The molecule has 1 aromatic rings. The lowest BCUT2D eigenvalue weighted by molar-refractivity contribution is -0.142. The first-order valence-electron chi connectivity index (χ1n) is 8.55. The number of allylic oxidation sites excluding steroid dienone is 1. The number of Topliss-reactive ketones (excluding diaryl/α,β-unsaturated/α-hetero) is 2. The summed E-state index contributed by atoms with van der Waals surface area (Å²) in [6.07, 6.45) is 5.08. The Labute approximate surface area is 142 Å². The van der Waals surface area contributed by atoms with Crippen LogP contribution in [0.15, 0.2) is 24.3 Å². The first kappa shape index (κ1) is 16.7. The Morgan fingerprint density at radius 2 is 2.00 bits per heavy atom. The molecule has 128 valence electrons. The van der Waals surface area contributed by atoms with Crippen LogP contribution < -0.4 is 9.47 Å². The van der Waals surface area contributed by atoms with Crippen LogP contribution in [0.5, 0.6) is 11.5 Å². The van der Waals surface area contributed by atoms with E-state index in [2.05, 4.69) is 6.08 Å². The molecule has 0 saturated heterocycles. The van der Waals surface area contributed by atoms with Crippen LogP contribution in [0.1, 0.15) is 51.5 Å². The van der Waals surface area contributed by atoms with E-state index in [1.807, 2.05) is 25.1 Å². The minimum Gasteiger partial charge on any atom is -0.497 e. The molecule has 24 heavy (non-hydrogen) atoms. The Hall–Kier alpha value is -2.10. The molecule has 1 atom stereocenters. The van der Waals surface area contributed by atoms with Crippen molar-refractivity contribution < 1.29 is 19.1 Å². The summed E-state index contributed by atoms with van der Waals surface area (Å²) in [7, 11) is 1.63. The molecule has 1 aromatic carbocycles. The molecule has 1 aliphatic heterocycles. The number of hydrogen-bond acceptors (Lipinski definition) is 4. The van der Waals surface area contributed by atoms with Gasteiger partial charge in [0.2, 0.25) is 0 Å². The van der Waals surface area contributed by atoms with E-state index in [4.69, 9.17) is 9.47 Å². The molecular weight excluding hydrogens is 304 g/mol. The minimum absolute atomic E-state index is 0.0569. The second-order valence-corrected chi connectivity index (χ2v) is 6.96. The van der Waals surface area contributed by atoms with E-state index in [1.54, 1.807) is 14.0 Å². The van der Waals surface area contributed by atoms with Crippen LogP contribution in [0.4, 0.5) is 0 Å². The normalized spacial score (nSPS) is 24.5. The highest BCUT2D eigenvalue weighted by Crippen LogP contribution is 2.40. The SMILES string of the molecule is COc1ccc2c(c1)O[C@H](C)C/C2=C\CC1(C)C(=O)CCCC1=O. The molecule has 0 N–H and O–H groups in total. The molecule has 0 bridgehead atoms. The molecule has 0 aromatic heterocycles. The third-order valence-electron chi connectivity index (χ3n) is 5.17. The predicted molar refractivity (Wildman–Crippen MR) is 92.3 cm³/mol. The van der Waals surface area contributed by atoms with Crippen molar-refractivity contribution in [3.8, 4) is 11.5 Å². The molecule has 2 aliphatic rings. The van der Waals surface area contributed by atoms with E-state index in [1.165, 1.54) is 0 Å². The van der Waals surface area contributed by atoms with Gasteiger partial charge in [-0.1, -0.05) is 6.08 Å². The van der Waals surface area contributed by atoms with Crippen molar-refractivity contribution in [1.29, 1.82) is 0 Å². The maximum atomic E-state index is 12.3. The van der Waals surface area contributed by atoms with Gasteiger partial charge in [0, 0.05) is 30.9 Å². The standard InChI is InChI=1S/C20H24O4/c1-13-11-14(16-8-7-15(23-3)12-17(16)24-13)9-10-20(2)18(21)5-4-6-19(20)22/h7-9,12-13H,4-6,10-11H2,1-3H3/b14-9+/t13-/m1/s1. The number of hydrogen-bond donors (Lipinski definition) is 0. The van der Waals surface area contributed by atoms with E-state index in [9.17, 15) is 9.59 Å². The second-order valence-electron chi connectivity index (χ2n) is 6.96. The third-order valence-corrected chi connectivity index (χ3v) is 5.17. The van der Waals surface area contributed by atoms with Crippen molar-refractivity contribution >= 4 is 17.1 Å². The number of methoxy groups -OCH3 is 1. The number of benzene rings is 1. The minimum atomic E-state index is -0.862. The van der Waals surface area contributed by atoms with Crippen molar-refractivity contribution in [2.24, 2.45) is 5.41 Å². The maximum absolute atomic E-state index is 12.3. The molecule has 3 rings (SSSR count). The van der Waals surface area contributed by atoms with Gasteiger partial charge in [-0.3, -0.25) is 9.59 Å². The number of carbonyl (C=O) groups is 2. The Morgan fingerprint density at radius 1 is 1.29 bits per heavy atom. The van der Waals surface area contributed by atoms with E-state index in [-0.39, 0.29) is 17.7 Å². The zero-order valence-corrected chi connectivity index (χ0v) is 14.6. The second kappa shape index (κ2) is 6.42. The number of ketones is 2. The fourth-order valence-electron chi connectivity index (χ4n) is 3.54. The lowest BCUT2D eigenvalue weighted by atomic mass is 9.71. The van der Waals surface area contributed by atoms with Crippen molar-refractivity contribution in [3.05, 3.63) is 29.8 Å². The Morgan fingerprint density at radius 3 is 2.67 bits per heavy atom. The average Bonchev–Trinajstić information content (AvgIpc) is 2.57. The van der Waals surface area contributed by atoms with E-state index in [0.717, 1.165) is 29.1 Å². The molecular formula is C20H24O4. The van der Waals surface area contributed by atoms with E-state index < -0.39 is 5.41 Å². The predicted octanol–water partition coefficient (Wildman–Crippen LogP) is 3.97. The number of rotatable bonds is 3. The van der Waals surface area contributed by atoms with Gasteiger partial charge in [-0.05, 0) is 44.4 Å². The van der Waals surface area contributed by atoms with Gasteiger partial charge in [-0.15, -0.1) is 0 Å². The fourth-order valence-corrected chi connectivity index (χ4v) is 3.54. The highest BCUT2D eigenvalue weighted by Gasteiger charge is 2.41. The molecule has 1 heterocycles. The van der Waals surface area contributed by atoms with Crippen LogP contribution >= 0.6 is 0 Å². The maximum Gasteiger partial charge on any atom is 0.146 e. The Balaban J connectivity index is 1.91. The van der Waals surface area contributed by atoms with Crippen LogP contribution in [0, 0.1) is 5.41 Å². The topological polar surface area (TPSA) is 52.6 Å². The summed E-state index contributed by atoms with van der Waals surface area (Å²) in [4.78, 5) is 24.6. The number of fused-ring (bicyclic) bond motifs is 1. The smallest absolute Gasteiger partial charge is 0.146 e. The number of carbonyl (C=O) groups excluding carboxylic acids is 2. The van der Waals surface area contributed by atoms with Gasteiger partial charge < -0.3 is 9.47 Å². The molecule has 0 radical (unpaired) electrons. The molecule has 0 amide bonds. The molecule has 4 heteroatoms.